The van der Waals surface area contributed by atoms with E-state index in [9.17, 15) is 0 Å². The molecule has 4 nitrogen and oxygen atoms in total. The van der Waals surface area contributed by atoms with Crippen LogP contribution in [0.25, 0.3) is 0 Å². The summed E-state index contributed by atoms with van der Waals surface area (Å²) in [5.74, 6) is 0.724. The minimum atomic E-state index is 0.515. The lowest BCUT2D eigenvalue weighted by atomic mass is 10.0. The number of ether oxygens (including phenoxy) is 1. The second-order valence-electron chi connectivity index (χ2n) is 5.10. The number of hydrogen-bond donors (Lipinski definition) is 1. The zero-order valence-electron chi connectivity index (χ0n) is 10.9. The molecular formula is C13H23N3O. The molecule has 0 unspecified atom stereocenters. The van der Waals surface area contributed by atoms with Gasteiger partial charge in [0.25, 0.3) is 0 Å². The van der Waals surface area contributed by atoms with Crippen molar-refractivity contribution in [3.63, 3.8) is 0 Å². The lowest BCUT2D eigenvalue weighted by Crippen LogP contribution is -2.26. The van der Waals surface area contributed by atoms with Crippen LogP contribution in [0.4, 0.5) is 0 Å². The van der Waals surface area contributed by atoms with Crippen LogP contribution in [0.1, 0.15) is 32.4 Å². The van der Waals surface area contributed by atoms with Crippen LogP contribution in [-0.2, 0) is 17.8 Å². The molecule has 2 rings (SSSR count). The molecule has 1 fully saturated rings. The Morgan fingerprint density at radius 2 is 2.24 bits per heavy atom. The molecule has 0 saturated carbocycles. The van der Waals surface area contributed by atoms with E-state index in [1.807, 2.05) is 6.20 Å². The Morgan fingerprint density at radius 1 is 1.47 bits per heavy atom. The summed E-state index contributed by atoms with van der Waals surface area (Å²) >= 11 is 0. The quantitative estimate of drug-likeness (QED) is 0.849. The maximum Gasteiger partial charge on any atom is 0.0522 e. The second-order valence-corrected chi connectivity index (χ2v) is 5.10. The van der Waals surface area contributed by atoms with E-state index in [0.717, 1.165) is 45.1 Å². The van der Waals surface area contributed by atoms with Crippen LogP contribution in [-0.4, -0.2) is 29.0 Å². The van der Waals surface area contributed by atoms with Crippen molar-refractivity contribution in [1.82, 2.24) is 15.1 Å². The molecular weight excluding hydrogens is 214 g/mol. The average molecular weight is 237 g/mol. The molecule has 0 atom stereocenters. The van der Waals surface area contributed by atoms with E-state index in [-0.39, 0.29) is 0 Å². The third kappa shape index (κ3) is 3.82. The number of nitrogens with one attached hydrogen (secondary N) is 1. The summed E-state index contributed by atoms with van der Waals surface area (Å²) in [6, 6.07) is 2.62. The van der Waals surface area contributed by atoms with Gasteiger partial charge in [-0.25, -0.2) is 0 Å². The van der Waals surface area contributed by atoms with Crippen LogP contribution in [0.3, 0.4) is 0 Å². The van der Waals surface area contributed by atoms with E-state index in [0.29, 0.717) is 6.04 Å². The third-order valence-corrected chi connectivity index (χ3v) is 3.27. The third-order valence-electron chi connectivity index (χ3n) is 3.27. The van der Waals surface area contributed by atoms with Crippen LogP contribution in [0, 0.1) is 5.92 Å². The molecule has 0 amide bonds. The molecule has 1 aromatic heterocycles. The van der Waals surface area contributed by atoms with Gasteiger partial charge in [0, 0.05) is 38.5 Å². The Morgan fingerprint density at radius 3 is 2.94 bits per heavy atom. The molecule has 2 heterocycles. The normalized spacial score (nSPS) is 17.8. The molecule has 0 radical (unpaired) electrons. The van der Waals surface area contributed by atoms with Gasteiger partial charge < -0.3 is 10.1 Å². The minimum absolute atomic E-state index is 0.515. The van der Waals surface area contributed by atoms with Crippen molar-refractivity contribution in [2.45, 2.75) is 45.8 Å². The maximum absolute atomic E-state index is 5.39. The summed E-state index contributed by atoms with van der Waals surface area (Å²) in [5.41, 5.74) is 1.28. The first-order chi connectivity index (χ1) is 8.25. The predicted molar refractivity (Wildman–Crippen MR) is 67.7 cm³/mol. The molecule has 0 spiro atoms. The summed E-state index contributed by atoms with van der Waals surface area (Å²) in [4.78, 5) is 0. The van der Waals surface area contributed by atoms with Crippen LogP contribution >= 0.6 is 0 Å². The first kappa shape index (κ1) is 12.6. The summed E-state index contributed by atoms with van der Waals surface area (Å²) in [6.45, 7) is 8.09. The Bertz CT molecular complexity index is 329. The summed E-state index contributed by atoms with van der Waals surface area (Å²) in [7, 11) is 0. The van der Waals surface area contributed by atoms with Crippen molar-refractivity contribution in [2.75, 3.05) is 13.2 Å². The highest BCUT2D eigenvalue weighted by molar-refractivity contribution is 5.00. The van der Waals surface area contributed by atoms with Gasteiger partial charge in [0.2, 0.25) is 0 Å². The molecule has 0 aromatic carbocycles. The van der Waals surface area contributed by atoms with Gasteiger partial charge in [-0.15, -0.1) is 0 Å². The summed E-state index contributed by atoms with van der Waals surface area (Å²) < 4.78 is 7.53. The molecule has 4 heteroatoms. The number of aromatic nitrogens is 2. The molecule has 0 bridgehead atoms. The fraction of sp³-hybridized carbons (Fsp3) is 0.769. The van der Waals surface area contributed by atoms with Crippen molar-refractivity contribution in [1.29, 1.82) is 0 Å². The van der Waals surface area contributed by atoms with E-state index < -0.39 is 0 Å². The number of nitrogens with zero attached hydrogens (tertiary/aromatic N) is 2. The van der Waals surface area contributed by atoms with Crippen molar-refractivity contribution in [3.8, 4) is 0 Å². The van der Waals surface area contributed by atoms with Gasteiger partial charge in [0.05, 0.1) is 5.69 Å². The fourth-order valence-electron chi connectivity index (χ4n) is 2.16. The monoisotopic (exact) mass is 237 g/mol. The second kappa shape index (κ2) is 6.17. The number of hydrogen-bond acceptors (Lipinski definition) is 3. The van der Waals surface area contributed by atoms with E-state index in [2.05, 4.69) is 35.0 Å². The molecule has 1 N–H and O–H groups in total. The smallest absolute Gasteiger partial charge is 0.0522 e. The van der Waals surface area contributed by atoms with Crippen molar-refractivity contribution >= 4 is 0 Å². The van der Waals surface area contributed by atoms with E-state index >= 15 is 0 Å². The zero-order chi connectivity index (χ0) is 12.1. The highest BCUT2D eigenvalue weighted by atomic mass is 16.5. The molecule has 96 valence electrons. The van der Waals surface area contributed by atoms with Gasteiger partial charge in [-0.2, -0.15) is 5.10 Å². The molecule has 1 aromatic rings. The zero-order valence-corrected chi connectivity index (χ0v) is 10.9. The SMILES string of the molecule is CC(C)NCc1ccnn1CC1CCOCC1. The van der Waals surface area contributed by atoms with Crippen molar-refractivity contribution < 1.29 is 4.74 Å². The van der Waals surface area contributed by atoms with Gasteiger partial charge in [-0.05, 0) is 24.8 Å². The van der Waals surface area contributed by atoms with E-state index in [1.54, 1.807) is 0 Å². The first-order valence-corrected chi connectivity index (χ1v) is 6.57. The largest absolute Gasteiger partial charge is 0.381 e. The minimum Gasteiger partial charge on any atom is -0.381 e. The Labute approximate surface area is 103 Å². The topological polar surface area (TPSA) is 39.1 Å². The first-order valence-electron chi connectivity index (χ1n) is 6.57. The highest BCUT2D eigenvalue weighted by Gasteiger charge is 2.15. The average Bonchev–Trinajstić information content (AvgIpc) is 2.75. The summed E-state index contributed by atoms with van der Waals surface area (Å²) in [6.07, 6.45) is 4.23. The number of rotatable bonds is 5. The molecule has 1 aliphatic rings. The van der Waals surface area contributed by atoms with Gasteiger partial charge in [0.1, 0.15) is 0 Å². The van der Waals surface area contributed by atoms with Crippen molar-refractivity contribution in [3.05, 3.63) is 18.0 Å². The Kier molecular flexibility index (Phi) is 4.57. The van der Waals surface area contributed by atoms with Gasteiger partial charge in [0.15, 0.2) is 0 Å². The van der Waals surface area contributed by atoms with Crippen LogP contribution in [0.2, 0.25) is 0 Å². The molecule has 1 saturated heterocycles. The molecule has 17 heavy (non-hydrogen) atoms. The molecule has 1 aliphatic heterocycles. The van der Waals surface area contributed by atoms with Gasteiger partial charge >= 0.3 is 0 Å². The molecule has 0 aliphatic carbocycles. The highest BCUT2D eigenvalue weighted by Crippen LogP contribution is 2.17. The van der Waals surface area contributed by atoms with E-state index in [4.69, 9.17) is 4.74 Å². The van der Waals surface area contributed by atoms with Crippen LogP contribution in [0.15, 0.2) is 12.3 Å². The lowest BCUT2D eigenvalue weighted by Gasteiger charge is -2.22. The Hall–Kier alpha value is -0.870. The standard InChI is InChI=1S/C13H23N3O/c1-11(2)14-9-13-3-6-15-16(13)10-12-4-7-17-8-5-12/h3,6,11-12,14H,4-5,7-10H2,1-2H3. The lowest BCUT2D eigenvalue weighted by molar-refractivity contribution is 0.0598. The van der Waals surface area contributed by atoms with Crippen molar-refractivity contribution in [2.24, 2.45) is 5.92 Å². The van der Waals surface area contributed by atoms with Gasteiger partial charge in [-0.3, -0.25) is 4.68 Å². The van der Waals surface area contributed by atoms with Crippen LogP contribution in [0.5, 0.6) is 0 Å². The summed E-state index contributed by atoms with van der Waals surface area (Å²) in [5, 5.41) is 7.86. The predicted octanol–water partition coefficient (Wildman–Crippen LogP) is 1.81. The van der Waals surface area contributed by atoms with Crippen LogP contribution < -0.4 is 5.32 Å². The van der Waals surface area contributed by atoms with Gasteiger partial charge in [-0.1, -0.05) is 13.8 Å². The van der Waals surface area contributed by atoms with E-state index in [1.165, 1.54) is 5.69 Å². The fourth-order valence-corrected chi connectivity index (χ4v) is 2.16. The Balaban J connectivity index is 1.88. The maximum atomic E-state index is 5.39.